The average Bonchev–Trinajstić information content (AvgIpc) is 2.86. The number of ether oxygens (including phenoxy) is 1. The normalized spacial score (nSPS) is 14.9. The summed E-state index contributed by atoms with van der Waals surface area (Å²) in [5.74, 6) is -0.625. The fourth-order valence-corrected chi connectivity index (χ4v) is 3.36. The monoisotopic (exact) mass is 339 g/mol. The summed E-state index contributed by atoms with van der Waals surface area (Å²) in [5.41, 5.74) is 3.68. The Morgan fingerprint density at radius 3 is 2.62 bits per heavy atom. The van der Waals surface area contributed by atoms with Crippen molar-refractivity contribution in [2.75, 3.05) is 18.3 Å². The van der Waals surface area contributed by atoms with Crippen LogP contribution in [0.1, 0.15) is 21.5 Å². The number of anilines is 1. The lowest BCUT2D eigenvalue weighted by Gasteiger charge is -2.21. The zero-order valence-corrected chi connectivity index (χ0v) is 14.5. The molecule has 0 saturated carbocycles. The second kappa shape index (κ2) is 6.53. The number of hydrogen-bond acceptors (Lipinski definition) is 4. The molecule has 122 valence electrons. The highest BCUT2D eigenvalue weighted by Gasteiger charge is 2.35. The van der Waals surface area contributed by atoms with Gasteiger partial charge in [-0.2, -0.15) is 0 Å². The van der Waals surface area contributed by atoms with E-state index in [9.17, 15) is 9.59 Å². The van der Waals surface area contributed by atoms with Crippen LogP contribution in [-0.2, 0) is 9.53 Å². The molecule has 1 aliphatic heterocycles. The van der Waals surface area contributed by atoms with Gasteiger partial charge in [-0.25, -0.2) is 4.79 Å². The molecule has 24 heavy (non-hydrogen) atoms. The molecule has 0 atom stereocenters. The number of para-hydroxylation sites is 1. The number of rotatable bonds is 3. The van der Waals surface area contributed by atoms with Crippen molar-refractivity contribution in [3.05, 3.63) is 65.2 Å². The van der Waals surface area contributed by atoms with Crippen molar-refractivity contribution < 1.29 is 14.3 Å². The van der Waals surface area contributed by atoms with Gasteiger partial charge >= 0.3 is 5.97 Å². The first-order chi connectivity index (χ1) is 11.6. The summed E-state index contributed by atoms with van der Waals surface area (Å²) in [7, 11) is 1.33. The van der Waals surface area contributed by atoms with E-state index in [-0.39, 0.29) is 5.91 Å². The quantitative estimate of drug-likeness (QED) is 0.483. The van der Waals surface area contributed by atoms with Gasteiger partial charge in [0.05, 0.1) is 18.5 Å². The van der Waals surface area contributed by atoms with Crippen molar-refractivity contribution in [1.82, 2.24) is 0 Å². The van der Waals surface area contributed by atoms with Gasteiger partial charge in [0.2, 0.25) is 0 Å². The first-order valence-corrected chi connectivity index (χ1v) is 8.67. The minimum absolute atomic E-state index is 0.137. The molecule has 1 aliphatic rings. The zero-order valence-electron chi connectivity index (χ0n) is 13.7. The Morgan fingerprint density at radius 1 is 1.17 bits per heavy atom. The Hall–Kier alpha value is -2.53. The lowest BCUT2D eigenvalue weighted by atomic mass is 10.0. The molecule has 1 heterocycles. The first kappa shape index (κ1) is 16.3. The molecule has 0 radical (unpaired) electrons. The van der Waals surface area contributed by atoms with E-state index in [1.165, 1.54) is 13.2 Å². The molecular weight excluding hydrogens is 322 g/mol. The maximum atomic E-state index is 13.0. The highest BCUT2D eigenvalue weighted by molar-refractivity contribution is 7.98. The van der Waals surface area contributed by atoms with E-state index in [4.69, 9.17) is 4.74 Å². The van der Waals surface area contributed by atoms with E-state index in [2.05, 4.69) is 0 Å². The number of benzene rings is 2. The van der Waals surface area contributed by atoms with Crippen molar-refractivity contribution in [3.8, 4) is 0 Å². The number of carbonyl (C=O) groups excluding carboxylic acids is 2. The molecule has 3 rings (SSSR count). The summed E-state index contributed by atoms with van der Waals surface area (Å²) in [5, 5.41) is 0. The van der Waals surface area contributed by atoms with E-state index in [1.807, 2.05) is 49.6 Å². The second-order valence-corrected chi connectivity index (χ2v) is 6.26. The van der Waals surface area contributed by atoms with Gasteiger partial charge in [-0.05, 0) is 37.4 Å². The summed E-state index contributed by atoms with van der Waals surface area (Å²) in [6.45, 7) is 1.96. The van der Waals surface area contributed by atoms with Crippen LogP contribution in [0.2, 0.25) is 0 Å². The number of methoxy groups -OCH3 is 1. The Balaban J connectivity index is 2.23. The van der Waals surface area contributed by atoms with Crippen LogP contribution in [0.25, 0.3) is 5.70 Å². The van der Waals surface area contributed by atoms with Crippen LogP contribution in [0, 0.1) is 6.92 Å². The highest BCUT2D eigenvalue weighted by atomic mass is 32.2. The predicted octanol–water partition coefficient (Wildman–Crippen LogP) is 3.89. The molecule has 0 N–H and O–H groups in total. The number of thioether (sulfide) groups is 1. The van der Waals surface area contributed by atoms with Gasteiger partial charge in [0, 0.05) is 22.1 Å². The van der Waals surface area contributed by atoms with Gasteiger partial charge in [0.25, 0.3) is 5.91 Å². The molecular formula is C19H17NO3S. The number of hydrogen-bond donors (Lipinski definition) is 0. The Kier molecular flexibility index (Phi) is 4.44. The fraction of sp³-hybridized carbons (Fsp3) is 0.158. The van der Waals surface area contributed by atoms with Crippen molar-refractivity contribution in [2.24, 2.45) is 0 Å². The van der Waals surface area contributed by atoms with Gasteiger partial charge in [-0.1, -0.05) is 23.8 Å². The second-order valence-electron chi connectivity index (χ2n) is 5.41. The van der Waals surface area contributed by atoms with Crippen LogP contribution in [0.3, 0.4) is 0 Å². The summed E-state index contributed by atoms with van der Waals surface area (Å²) < 4.78 is 4.77. The molecule has 0 aliphatic carbocycles. The Morgan fingerprint density at radius 2 is 1.92 bits per heavy atom. The molecule has 2 aromatic carbocycles. The zero-order chi connectivity index (χ0) is 17.3. The average molecular weight is 339 g/mol. The number of carbonyl (C=O) groups is 2. The number of nitrogens with zero attached hydrogens (tertiary/aromatic N) is 1. The van der Waals surface area contributed by atoms with Gasteiger partial charge in [0.1, 0.15) is 0 Å². The molecule has 5 heteroatoms. The van der Waals surface area contributed by atoms with E-state index in [0.29, 0.717) is 11.3 Å². The summed E-state index contributed by atoms with van der Waals surface area (Å²) >= 11 is 1.56. The molecule has 0 unspecified atom stereocenters. The molecule has 0 bridgehead atoms. The van der Waals surface area contributed by atoms with E-state index in [1.54, 1.807) is 22.7 Å². The van der Waals surface area contributed by atoms with Crippen LogP contribution >= 0.6 is 11.8 Å². The molecule has 0 saturated heterocycles. The van der Waals surface area contributed by atoms with Crippen LogP contribution in [0.5, 0.6) is 0 Å². The smallest absolute Gasteiger partial charge is 0.332 e. The van der Waals surface area contributed by atoms with Crippen LogP contribution in [0.4, 0.5) is 5.69 Å². The maximum Gasteiger partial charge on any atom is 0.332 e. The molecule has 0 aromatic heterocycles. The topological polar surface area (TPSA) is 46.6 Å². The summed E-state index contributed by atoms with van der Waals surface area (Å²) in [6.07, 6.45) is 3.33. The third-order valence-corrected chi connectivity index (χ3v) is 4.69. The third kappa shape index (κ3) is 2.71. The number of fused-ring (bicyclic) bond motifs is 1. The van der Waals surface area contributed by atoms with Gasteiger partial charge in [-0.3, -0.25) is 9.69 Å². The van der Waals surface area contributed by atoms with Crippen LogP contribution in [-0.4, -0.2) is 25.2 Å². The Labute approximate surface area is 145 Å². The van der Waals surface area contributed by atoms with Crippen molar-refractivity contribution in [1.29, 1.82) is 0 Å². The number of amides is 1. The largest absolute Gasteiger partial charge is 0.466 e. The third-order valence-electron chi connectivity index (χ3n) is 3.91. The standard InChI is InChI=1S/C19H17NO3S/c1-12-8-9-13-14(10-12)16(11-18(21)23-2)20(19(13)22)15-6-4-5-7-17(15)24-3/h4-11H,1-3H3/b16-11+. The molecule has 2 aromatic rings. The van der Waals surface area contributed by atoms with Crippen LogP contribution in [0.15, 0.2) is 53.4 Å². The van der Waals surface area contributed by atoms with Gasteiger partial charge < -0.3 is 4.74 Å². The SMILES string of the molecule is COC(=O)/C=C1\c2cc(C)ccc2C(=O)N1c1ccccc1SC. The van der Waals surface area contributed by atoms with E-state index < -0.39 is 5.97 Å². The molecule has 1 amide bonds. The van der Waals surface area contributed by atoms with Crippen molar-refractivity contribution >= 4 is 35.0 Å². The predicted molar refractivity (Wildman–Crippen MR) is 96.2 cm³/mol. The summed E-state index contributed by atoms with van der Waals surface area (Å²) in [6, 6.07) is 13.3. The van der Waals surface area contributed by atoms with Crippen molar-refractivity contribution in [3.63, 3.8) is 0 Å². The van der Waals surface area contributed by atoms with Gasteiger partial charge in [0.15, 0.2) is 0 Å². The number of aryl methyl sites for hydroxylation is 1. The molecule has 0 fully saturated rings. The lowest BCUT2D eigenvalue weighted by molar-refractivity contribution is -0.134. The van der Waals surface area contributed by atoms with E-state index in [0.717, 1.165) is 21.7 Å². The number of esters is 1. The molecule has 4 nitrogen and oxygen atoms in total. The fourth-order valence-electron chi connectivity index (χ4n) is 2.77. The van der Waals surface area contributed by atoms with E-state index >= 15 is 0 Å². The maximum absolute atomic E-state index is 13.0. The lowest BCUT2D eigenvalue weighted by Crippen LogP contribution is -2.23. The highest BCUT2D eigenvalue weighted by Crippen LogP contribution is 2.40. The Bertz CT molecular complexity index is 857. The minimum Gasteiger partial charge on any atom is -0.466 e. The minimum atomic E-state index is -0.487. The van der Waals surface area contributed by atoms with Crippen molar-refractivity contribution in [2.45, 2.75) is 11.8 Å². The first-order valence-electron chi connectivity index (χ1n) is 7.45. The summed E-state index contributed by atoms with van der Waals surface area (Å²) in [4.78, 5) is 27.4. The van der Waals surface area contributed by atoms with Gasteiger partial charge in [-0.15, -0.1) is 11.8 Å². The molecule has 0 spiro atoms. The van der Waals surface area contributed by atoms with Crippen LogP contribution < -0.4 is 4.90 Å².